The zero-order valence-electron chi connectivity index (χ0n) is 11.9. The van der Waals surface area contributed by atoms with Crippen LogP contribution in [0.25, 0.3) is 0 Å². The summed E-state index contributed by atoms with van der Waals surface area (Å²) in [5, 5.41) is 9.23. The highest BCUT2D eigenvalue weighted by Crippen LogP contribution is 2.22. The Kier molecular flexibility index (Phi) is 6.81. The molecule has 0 saturated carbocycles. The van der Waals surface area contributed by atoms with Gasteiger partial charge in [0.1, 0.15) is 5.75 Å². The van der Waals surface area contributed by atoms with Gasteiger partial charge in [0, 0.05) is 12.1 Å². The average molecular weight is 319 g/mol. The summed E-state index contributed by atoms with van der Waals surface area (Å²) in [6, 6.07) is 4.45. The van der Waals surface area contributed by atoms with Gasteiger partial charge in [-0.15, -0.1) is 0 Å². The van der Waals surface area contributed by atoms with Crippen molar-refractivity contribution in [1.29, 1.82) is 0 Å². The summed E-state index contributed by atoms with van der Waals surface area (Å²) in [5.41, 5.74) is 0.451. The van der Waals surface area contributed by atoms with Crippen molar-refractivity contribution in [3.63, 3.8) is 0 Å². The largest absolute Gasteiger partial charge is 0.496 e. The molecule has 7 heteroatoms. The Hall–Kier alpha value is -0.760. The summed E-state index contributed by atoms with van der Waals surface area (Å²) in [7, 11) is -2.08. The predicted molar refractivity (Wildman–Crippen MR) is 81.7 cm³/mol. The smallest absolute Gasteiger partial charge is 0.240 e. The van der Waals surface area contributed by atoms with Crippen LogP contribution in [0.1, 0.15) is 12.5 Å². The van der Waals surface area contributed by atoms with E-state index >= 15 is 0 Å². The fourth-order valence-corrected chi connectivity index (χ4v) is 3.63. The second-order valence-electron chi connectivity index (χ2n) is 4.54. The van der Waals surface area contributed by atoms with Gasteiger partial charge in [-0.05, 0) is 36.1 Å². The standard InChI is InChI=1S/C13H21NO4S2/c1-10(9-19-3)7-14-20(16,17)12-4-5-13(18-2)11(6-12)8-15/h4-6,10,14-15H,7-9H2,1-3H3. The number of benzene rings is 1. The molecule has 1 aromatic carbocycles. The summed E-state index contributed by atoms with van der Waals surface area (Å²) in [6.45, 7) is 2.12. The number of rotatable bonds is 8. The molecule has 20 heavy (non-hydrogen) atoms. The Balaban J connectivity index is 2.87. The van der Waals surface area contributed by atoms with Gasteiger partial charge in [-0.1, -0.05) is 6.92 Å². The molecule has 0 amide bonds. The van der Waals surface area contributed by atoms with Crippen LogP contribution >= 0.6 is 11.8 Å². The van der Waals surface area contributed by atoms with Crippen LogP contribution in [0.5, 0.6) is 5.75 Å². The second kappa shape index (κ2) is 7.87. The van der Waals surface area contributed by atoms with Crippen molar-refractivity contribution in [1.82, 2.24) is 4.72 Å². The van der Waals surface area contributed by atoms with Crippen LogP contribution in [-0.2, 0) is 16.6 Å². The quantitative estimate of drug-likeness (QED) is 0.759. The summed E-state index contributed by atoms with van der Waals surface area (Å²) in [5.74, 6) is 1.63. The van der Waals surface area contributed by atoms with Gasteiger partial charge in [0.15, 0.2) is 0 Å². The van der Waals surface area contributed by atoms with Crippen molar-refractivity contribution in [3.05, 3.63) is 23.8 Å². The lowest BCUT2D eigenvalue weighted by molar-refractivity contribution is 0.273. The van der Waals surface area contributed by atoms with Crippen LogP contribution in [0.4, 0.5) is 0 Å². The Morgan fingerprint density at radius 3 is 2.70 bits per heavy atom. The number of aliphatic hydroxyl groups is 1. The molecule has 0 aliphatic heterocycles. The molecule has 1 rings (SSSR count). The Morgan fingerprint density at radius 2 is 2.15 bits per heavy atom. The Morgan fingerprint density at radius 1 is 1.45 bits per heavy atom. The van der Waals surface area contributed by atoms with Crippen molar-refractivity contribution >= 4 is 21.8 Å². The monoisotopic (exact) mass is 319 g/mol. The van der Waals surface area contributed by atoms with E-state index in [9.17, 15) is 13.5 Å². The lowest BCUT2D eigenvalue weighted by Crippen LogP contribution is -2.29. The van der Waals surface area contributed by atoms with E-state index in [2.05, 4.69) is 4.72 Å². The average Bonchev–Trinajstić information content (AvgIpc) is 2.44. The molecule has 2 N–H and O–H groups in total. The maximum Gasteiger partial charge on any atom is 0.240 e. The molecule has 0 aliphatic rings. The van der Waals surface area contributed by atoms with E-state index in [4.69, 9.17) is 4.74 Å². The van der Waals surface area contributed by atoms with E-state index in [0.29, 0.717) is 17.9 Å². The third kappa shape index (κ3) is 4.66. The molecule has 0 saturated heterocycles. The Bertz CT molecular complexity index is 531. The van der Waals surface area contributed by atoms with Gasteiger partial charge < -0.3 is 9.84 Å². The predicted octanol–water partition coefficient (Wildman–Crippen LogP) is 1.46. The molecule has 1 unspecified atom stereocenters. The molecule has 0 aliphatic carbocycles. The number of ether oxygens (including phenoxy) is 1. The molecular weight excluding hydrogens is 298 g/mol. The number of hydrogen-bond acceptors (Lipinski definition) is 5. The highest BCUT2D eigenvalue weighted by atomic mass is 32.2. The van der Waals surface area contributed by atoms with Crippen LogP contribution in [0.3, 0.4) is 0 Å². The van der Waals surface area contributed by atoms with E-state index in [0.717, 1.165) is 5.75 Å². The molecule has 5 nitrogen and oxygen atoms in total. The third-order valence-electron chi connectivity index (χ3n) is 2.81. The minimum atomic E-state index is -3.56. The molecule has 0 heterocycles. The molecule has 1 atom stereocenters. The van der Waals surface area contributed by atoms with E-state index in [1.165, 1.54) is 19.2 Å². The third-order valence-corrected chi connectivity index (χ3v) is 5.13. The number of sulfonamides is 1. The fraction of sp³-hybridized carbons (Fsp3) is 0.538. The number of aliphatic hydroxyl groups excluding tert-OH is 1. The van der Waals surface area contributed by atoms with Gasteiger partial charge in [0.2, 0.25) is 10.0 Å². The van der Waals surface area contributed by atoms with Crippen molar-refractivity contribution in [2.45, 2.75) is 18.4 Å². The summed E-state index contributed by atoms with van der Waals surface area (Å²) in [4.78, 5) is 0.138. The van der Waals surface area contributed by atoms with E-state index in [1.54, 1.807) is 17.8 Å². The van der Waals surface area contributed by atoms with Crippen LogP contribution in [0.15, 0.2) is 23.1 Å². The van der Waals surface area contributed by atoms with Crippen molar-refractivity contribution < 1.29 is 18.3 Å². The van der Waals surface area contributed by atoms with Crippen LogP contribution < -0.4 is 9.46 Å². The minimum Gasteiger partial charge on any atom is -0.496 e. The summed E-state index contributed by atoms with van der Waals surface area (Å²) in [6.07, 6.45) is 1.99. The van der Waals surface area contributed by atoms with Crippen LogP contribution in [-0.4, -0.2) is 39.2 Å². The van der Waals surface area contributed by atoms with E-state index < -0.39 is 10.0 Å². The highest BCUT2D eigenvalue weighted by Gasteiger charge is 2.17. The van der Waals surface area contributed by atoms with Crippen molar-refractivity contribution in [2.75, 3.05) is 25.7 Å². The van der Waals surface area contributed by atoms with Gasteiger partial charge in [-0.25, -0.2) is 13.1 Å². The number of hydrogen-bond donors (Lipinski definition) is 2. The minimum absolute atomic E-state index is 0.138. The SMILES string of the molecule is COc1ccc(S(=O)(=O)NCC(C)CSC)cc1CO. The molecule has 0 radical (unpaired) electrons. The highest BCUT2D eigenvalue weighted by molar-refractivity contribution is 7.98. The molecule has 1 aromatic rings. The fourth-order valence-electron chi connectivity index (χ4n) is 1.72. The lowest BCUT2D eigenvalue weighted by atomic mass is 10.2. The van der Waals surface area contributed by atoms with Crippen molar-refractivity contribution in [3.8, 4) is 5.75 Å². The number of methoxy groups -OCH3 is 1. The van der Waals surface area contributed by atoms with Crippen LogP contribution in [0, 0.1) is 5.92 Å². The maximum atomic E-state index is 12.2. The molecule has 114 valence electrons. The zero-order valence-corrected chi connectivity index (χ0v) is 13.6. The van der Waals surface area contributed by atoms with Gasteiger partial charge in [-0.3, -0.25) is 0 Å². The number of nitrogens with one attached hydrogen (secondary N) is 1. The second-order valence-corrected chi connectivity index (χ2v) is 7.22. The van der Waals surface area contributed by atoms with Gasteiger partial charge in [-0.2, -0.15) is 11.8 Å². The first-order chi connectivity index (χ1) is 9.44. The Labute approximate surface area is 124 Å². The summed E-state index contributed by atoms with van der Waals surface area (Å²) >= 11 is 1.68. The first-order valence-corrected chi connectivity index (χ1v) is 9.08. The van der Waals surface area contributed by atoms with Crippen LogP contribution in [0.2, 0.25) is 0 Å². The normalized spacial score (nSPS) is 13.2. The first-order valence-electron chi connectivity index (χ1n) is 6.21. The zero-order chi connectivity index (χ0) is 15.2. The van der Waals surface area contributed by atoms with Crippen molar-refractivity contribution in [2.24, 2.45) is 5.92 Å². The topological polar surface area (TPSA) is 75.6 Å². The van der Waals surface area contributed by atoms with E-state index in [-0.39, 0.29) is 17.4 Å². The first kappa shape index (κ1) is 17.3. The van der Waals surface area contributed by atoms with Gasteiger partial charge >= 0.3 is 0 Å². The lowest BCUT2D eigenvalue weighted by Gasteiger charge is -2.13. The number of thioether (sulfide) groups is 1. The van der Waals surface area contributed by atoms with E-state index in [1.807, 2.05) is 13.2 Å². The molecular formula is C13H21NO4S2. The molecule has 0 spiro atoms. The molecule has 0 fully saturated rings. The van der Waals surface area contributed by atoms with Gasteiger partial charge in [0.05, 0.1) is 18.6 Å². The molecule has 0 bridgehead atoms. The van der Waals surface area contributed by atoms with Gasteiger partial charge in [0.25, 0.3) is 0 Å². The maximum absolute atomic E-state index is 12.2. The molecule has 0 aromatic heterocycles. The summed E-state index contributed by atoms with van der Waals surface area (Å²) < 4.78 is 32.0.